The van der Waals surface area contributed by atoms with Crippen molar-refractivity contribution in [1.29, 1.82) is 0 Å². The Morgan fingerprint density at radius 3 is 1.25 bits per heavy atom. The Morgan fingerprint density at radius 1 is 0.550 bits per heavy atom. The van der Waals surface area contributed by atoms with Crippen molar-refractivity contribution in [3.8, 4) is 0 Å². The van der Waals surface area contributed by atoms with E-state index in [0.29, 0.717) is 22.3 Å². The van der Waals surface area contributed by atoms with E-state index in [9.17, 15) is 35.5 Å². The van der Waals surface area contributed by atoms with E-state index in [1.807, 2.05) is 0 Å². The lowest BCUT2D eigenvalue weighted by atomic mass is 9.77. The predicted molar refractivity (Wildman–Crippen MR) is 144 cm³/mol. The maximum atomic E-state index is 13.8. The van der Waals surface area contributed by atoms with E-state index in [4.69, 9.17) is 0 Å². The van der Waals surface area contributed by atoms with Crippen molar-refractivity contribution >= 4 is 31.8 Å². The Kier molecular flexibility index (Phi) is 6.83. The molecular weight excluding hydrogens is 552 g/mol. The second kappa shape index (κ2) is 9.90. The lowest BCUT2D eigenvalue weighted by Gasteiger charge is -2.24. The quantitative estimate of drug-likeness (QED) is 0.276. The summed E-state index contributed by atoms with van der Waals surface area (Å²) in [6.07, 6.45) is -0.239. The molecule has 204 valence electrons. The molecule has 0 amide bonds. The summed E-state index contributed by atoms with van der Waals surface area (Å²) in [5.41, 5.74) is 2.61. The Morgan fingerprint density at radius 2 is 0.900 bits per heavy atom. The summed E-state index contributed by atoms with van der Waals surface area (Å²) in [6.45, 7) is 3.30. The van der Waals surface area contributed by atoms with Crippen LogP contribution in [0.15, 0.2) is 82.6 Å². The molecular formula is C30H22O8S2-2. The number of fused-ring (bicyclic) bond motifs is 2. The first kappa shape index (κ1) is 27.6. The monoisotopic (exact) mass is 574 g/mol. The minimum atomic E-state index is -4.83. The number of rotatable bonds is 6. The van der Waals surface area contributed by atoms with Crippen LogP contribution in [0.4, 0.5) is 0 Å². The van der Waals surface area contributed by atoms with E-state index in [2.05, 4.69) is 0 Å². The molecule has 40 heavy (non-hydrogen) atoms. The first-order chi connectivity index (χ1) is 18.8. The van der Waals surface area contributed by atoms with Gasteiger partial charge >= 0.3 is 0 Å². The number of hydrogen-bond donors (Lipinski definition) is 0. The van der Waals surface area contributed by atoms with Crippen LogP contribution >= 0.6 is 0 Å². The molecule has 0 atom stereocenters. The molecule has 0 aromatic heterocycles. The van der Waals surface area contributed by atoms with Crippen molar-refractivity contribution in [1.82, 2.24) is 0 Å². The van der Waals surface area contributed by atoms with Crippen molar-refractivity contribution in [2.45, 2.75) is 36.5 Å². The summed E-state index contributed by atoms with van der Waals surface area (Å²) in [5, 5.41) is 0. The second-order valence-electron chi connectivity index (χ2n) is 9.82. The van der Waals surface area contributed by atoms with E-state index < -0.39 is 41.6 Å². The van der Waals surface area contributed by atoms with Crippen LogP contribution < -0.4 is 0 Å². The van der Waals surface area contributed by atoms with Crippen LogP contribution in [0.3, 0.4) is 0 Å². The number of hydrogen-bond acceptors (Lipinski definition) is 8. The summed E-state index contributed by atoms with van der Waals surface area (Å²) in [4.78, 5) is 26.8. The summed E-state index contributed by atoms with van der Waals surface area (Å²) in [6, 6.07) is 18.3. The second-order valence-corrected chi connectivity index (χ2v) is 12.5. The molecule has 0 saturated carbocycles. The minimum Gasteiger partial charge on any atom is -0.744 e. The Hall–Kier alpha value is -3.96. The van der Waals surface area contributed by atoms with Crippen LogP contribution in [-0.4, -0.2) is 37.5 Å². The average Bonchev–Trinajstić information content (AvgIpc) is 2.88. The Balaban J connectivity index is 1.73. The molecule has 10 heteroatoms. The van der Waals surface area contributed by atoms with Crippen molar-refractivity contribution in [3.63, 3.8) is 0 Å². The van der Waals surface area contributed by atoms with Gasteiger partial charge in [-0.3, -0.25) is 9.59 Å². The van der Waals surface area contributed by atoms with Crippen LogP contribution in [0, 0.1) is 13.8 Å². The number of ketones is 2. The molecule has 0 N–H and O–H groups in total. The molecule has 0 spiro atoms. The zero-order chi connectivity index (χ0) is 29.0. The summed E-state index contributed by atoms with van der Waals surface area (Å²) in [7, 11) is -9.66. The van der Waals surface area contributed by atoms with E-state index >= 15 is 0 Å². The lowest BCUT2D eigenvalue weighted by Crippen LogP contribution is -2.25. The van der Waals surface area contributed by atoms with Crippen LogP contribution in [0.2, 0.25) is 0 Å². The van der Waals surface area contributed by atoms with E-state index in [0.717, 1.165) is 0 Å². The highest BCUT2D eigenvalue weighted by atomic mass is 32.2. The third-order valence-corrected chi connectivity index (χ3v) is 8.83. The molecule has 0 bridgehead atoms. The Labute approximate surface area is 231 Å². The van der Waals surface area contributed by atoms with Crippen LogP contribution in [0.25, 0.3) is 0 Å². The highest BCUT2D eigenvalue weighted by Crippen LogP contribution is 2.35. The third kappa shape index (κ3) is 5.02. The van der Waals surface area contributed by atoms with Gasteiger partial charge in [-0.25, -0.2) is 16.8 Å². The number of carbonyl (C=O) groups is 2. The van der Waals surface area contributed by atoms with E-state index in [-0.39, 0.29) is 46.2 Å². The molecule has 8 nitrogen and oxygen atoms in total. The van der Waals surface area contributed by atoms with Gasteiger partial charge in [-0.1, -0.05) is 60.7 Å². The smallest absolute Gasteiger partial charge is 0.194 e. The van der Waals surface area contributed by atoms with Gasteiger partial charge in [0, 0.05) is 22.3 Å². The predicted octanol–water partition coefficient (Wildman–Crippen LogP) is 4.07. The fourth-order valence-corrected chi connectivity index (χ4v) is 6.73. The SMILES string of the molecule is Cc1ccc(Cc2ccc(Cc3ccc(C)cc3S(=O)(=O)[O-])c3c2C(=O)c2ccccc2C3=O)c(S(=O)(=O)[O-])c1. The molecule has 0 aliphatic heterocycles. The zero-order valence-electron chi connectivity index (χ0n) is 21.4. The van der Waals surface area contributed by atoms with Gasteiger partial charge < -0.3 is 9.11 Å². The molecule has 1 aliphatic carbocycles. The van der Waals surface area contributed by atoms with Gasteiger partial charge in [-0.05, 0) is 72.2 Å². The maximum Gasteiger partial charge on any atom is 0.194 e. The van der Waals surface area contributed by atoms with Crippen molar-refractivity contribution in [3.05, 3.63) is 128 Å². The first-order valence-corrected chi connectivity index (χ1v) is 15.0. The topological polar surface area (TPSA) is 149 Å². The molecule has 1 aliphatic rings. The first-order valence-electron chi connectivity index (χ1n) is 12.2. The minimum absolute atomic E-state index is 0.0506. The fourth-order valence-electron chi connectivity index (χ4n) is 5.14. The van der Waals surface area contributed by atoms with Gasteiger partial charge in [0.15, 0.2) is 11.6 Å². The van der Waals surface area contributed by atoms with Gasteiger partial charge in [0.1, 0.15) is 20.2 Å². The van der Waals surface area contributed by atoms with E-state index in [1.54, 1.807) is 50.2 Å². The summed E-state index contributed by atoms with van der Waals surface area (Å²) >= 11 is 0. The maximum absolute atomic E-state index is 13.8. The highest BCUT2D eigenvalue weighted by Gasteiger charge is 2.34. The highest BCUT2D eigenvalue weighted by molar-refractivity contribution is 7.86. The van der Waals surface area contributed by atoms with Gasteiger partial charge in [-0.2, -0.15) is 0 Å². The summed E-state index contributed by atoms with van der Waals surface area (Å²) in [5.74, 6) is -0.914. The molecule has 4 aromatic rings. The van der Waals surface area contributed by atoms with Gasteiger partial charge in [0.05, 0.1) is 9.79 Å². The summed E-state index contributed by atoms with van der Waals surface area (Å²) < 4.78 is 72.0. The third-order valence-electron chi connectivity index (χ3n) is 6.99. The molecule has 0 saturated heterocycles. The normalized spacial score (nSPS) is 13.2. The van der Waals surface area contributed by atoms with E-state index in [1.165, 1.54) is 36.4 Å². The molecule has 0 heterocycles. The molecule has 0 unspecified atom stereocenters. The van der Waals surface area contributed by atoms with Crippen molar-refractivity contribution in [2.24, 2.45) is 0 Å². The number of benzene rings is 4. The van der Waals surface area contributed by atoms with Gasteiger partial charge in [0.2, 0.25) is 0 Å². The Bertz CT molecular complexity index is 1810. The standard InChI is InChI=1S/C30H24O8S2/c1-17-7-9-19(25(13-17)39(33,34)35)15-21-11-12-22(16-20-10-8-18(2)14-26(20)40(36,37)38)28-27(21)29(31)23-5-3-4-6-24(23)30(28)32/h3-14H,15-16H2,1-2H3,(H,33,34,35)(H,36,37,38)/p-2. The average molecular weight is 575 g/mol. The molecule has 5 rings (SSSR count). The van der Waals surface area contributed by atoms with Crippen molar-refractivity contribution in [2.75, 3.05) is 0 Å². The van der Waals surface area contributed by atoms with Crippen LogP contribution in [0.1, 0.15) is 65.2 Å². The number of carbonyl (C=O) groups excluding carboxylic acids is 2. The van der Waals surface area contributed by atoms with Crippen LogP contribution in [0.5, 0.6) is 0 Å². The molecule has 0 fully saturated rings. The lowest BCUT2D eigenvalue weighted by molar-refractivity contribution is 0.0977. The zero-order valence-corrected chi connectivity index (χ0v) is 23.1. The van der Waals surface area contributed by atoms with Crippen molar-refractivity contribution < 1.29 is 35.5 Å². The largest absolute Gasteiger partial charge is 0.744 e. The molecule has 4 aromatic carbocycles. The van der Waals surface area contributed by atoms with Gasteiger partial charge in [0.25, 0.3) is 0 Å². The fraction of sp³-hybridized carbons (Fsp3) is 0.133. The van der Waals surface area contributed by atoms with Crippen LogP contribution in [-0.2, 0) is 33.1 Å². The molecule has 0 radical (unpaired) electrons. The number of aryl methyl sites for hydroxylation is 2. The van der Waals surface area contributed by atoms with Gasteiger partial charge in [-0.15, -0.1) is 0 Å².